The number of nitrogens with zero attached hydrogens (tertiary/aromatic N) is 15. The predicted molar refractivity (Wildman–Crippen MR) is 474 cm³/mol. The fourth-order valence-electron chi connectivity index (χ4n) is 12.1. The summed E-state index contributed by atoms with van der Waals surface area (Å²) in [7, 11) is 1.00. The van der Waals surface area contributed by atoms with Gasteiger partial charge in [-0.1, -0.05) is 58.2 Å². The molecule has 10 amide bonds. The number of alkyl halides is 1. The Balaban J connectivity index is 0.000000511. The van der Waals surface area contributed by atoms with E-state index in [1.165, 1.54) is 36.8 Å². The van der Waals surface area contributed by atoms with Crippen LogP contribution in [-0.4, -0.2) is 300 Å². The summed E-state index contributed by atoms with van der Waals surface area (Å²) in [5, 5.41) is 46.3. The Kier molecular flexibility index (Phi) is 45.9. The Morgan fingerprint density at radius 1 is 0.421 bits per heavy atom. The van der Waals surface area contributed by atoms with Crippen molar-refractivity contribution >= 4 is 146 Å². The van der Waals surface area contributed by atoms with Gasteiger partial charge >= 0.3 is 53.9 Å². The number of rotatable bonds is 6. The number of piperidine rings is 3. The summed E-state index contributed by atoms with van der Waals surface area (Å²) in [4.78, 5) is 187. The van der Waals surface area contributed by atoms with Crippen LogP contribution in [-0.2, 0) is 47.7 Å². The number of aliphatic hydroxyl groups is 1. The zero-order valence-electron chi connectivity index (χ0n) is 73.6. The molecular formula is C77H117BrCl4N23NaO20. The number of imide groups is 3. The molecule has 0 bridgehead atoms. The molecule has 8 aliphatic rings. The molecule has 43 nitrogen and oxygen atoms in total. The Hall–Kier alpha value is -9.38. The molecule has 8 saturated heterocycles. The SMILES string of the molecule is C.CC(C)(C)OC(=O)N1CCN(c2cn[nH]c(=O)c2)CC1.CC(C)(C)OC(=O)N1CCN(c2cn[nH]c(=O)c2Cl)CC1.CC(C)(C)OC(=O)N1CCN(c2cnn(C3CCC(=O)NC3=O)c(=O)c2)CC1.CC(C)(C)OC(=O)N1CCNCC1.CO.Cl.O=C1CCC(Br)C(=O)N1.O=C1CCC(n2ncc(N3CCNCC3)cc2=O)C(=O)N1.O=c1[nH]ncc(Cl)c1Cl.[H-].[Na+]. The fraction of sp³-hybridized carbons (Fsp3) is 0.610. The van der Waals surface area contributed by atoms with E-state index in [0.717, 1.165) is 80.2 Å². The minimum atomic E-state index is -0.775. The maximum atomic E-state index is 12.5. The molecule has 0 saturated carbocycles. The molecule has 3 unspecified atom stereocenters. The van der Waals surface area contributed by atoms with Gasteiger partial charge < -0.3 is 75.3 Å². The Morgan fingerprint density at radius 3 is 1.07 bits per heavy atom. The maximum absolute atomic E-state index is 12.5. The number of nitrogens with one attached hydrogen (secondary N) is 8. The number of aliphatic hydroxyl groups excluding tert-OH is 1. The van der Waals surface area contributed by atoms with Crippen molar-refractivity contribution in [3.63, 3.8) is 0 Å². The number of halogens is 5. The molecule has 0 aromatic carbocycles. The minimum absolute atomic E-state index is 0. The number of aromatic nitrogens is 10. The number of carbonyl (C=O) groups excluding carboxylic acids is 10. The first-order chi connectivity index (χ1) is 57.8. The maximum Gasteiger partial charge on any atom is 1.00 e. The predicted octanol–water partition coefficient (Wildman–Crippen LogP) is 1.09. The van der Waals surface area contributed by atoms with Crippen molar-refractivity contribution in [2.75, 3.05) is 158 Å². The number of anilines is 4. The third-order valence-electron chi connectivity index (χ3n) is 18.1. The molecule has 49 heteroatoms. The smallest absolute Gasteiger partial charge is 1.00 e. The number of H-pyrrole nitrogens is 3. The average molecular weight is 1930 g/mol. The third-order valence-corrected chi connectivity index (χ3v) is 20.1. The van der Waals surface area contributed by atoms with Crippen molar-refractivity contribution in [3.05, 3.63) is 116 Å². The van der Waals surface area contributed by atoms with E-state index in [-0.39, 0.29) is 155 Å². The normalized spacial score (nSPS) is 18.3. The largest absolute Gasteiger partial charge is 1.00 e. The zero-order chi connectivity index (χ0) is 91.3. The third kappa shape index (κ3) is 37.1. The van der Waals surface area contributed by atoms with Crippen LogP contribution in [0.1, 0.15) is 143 Å². The minimum Gasteiger partial charge on any atom is -1.00 e. The zero-order valence-corrected chi connectivity index (χ0v) is 79.2. The van der Waals surface area contributed by atoms with Crippen LogP contribution >= 0.6 is 63.1 Å². The van der Waals surface area contributed by atoms with Crippen molar-refractivity contribution in [2.24, 2.45) is 0 Å². The van der Waals surface area contributed by atoms with Crippen molar-refractivity contribution in [1.82, 2.24) is 96.3 Å². The number of aromatic amines is 3. The summed E-state index contributed by atoms with van der Waals surface area (Å²) in [5.74, 6) is -2.00. The second-order valence-corrected chi connectivity index (χ2v) is 34.5. The van der Waals surface area contributed by atoms with E-state index in [4.69, 9.17) is 58.9 Å². The molecule has 5 aromatic heterocycles. The van der Waals surface area contributed by atoms with Crippen LogP contribution in [0.2, 0.25) is 15.1 Å². The first kappa shape index (κ1) is 111. The summed E-state index contributed by atoms with van der Waals surface area (Å²) in [6.45, 7) is 35.4. The number of amides is 10. The molecule has 0 spiro atoms. The van der Waals surface area contributed by atoms with Gasteiger partial charge in [0.15, 0.2) is 0 Å². The van der Waals surface area contributed by atoms with Crippen LogP contribution in [0.15, 0.2) is 73.2 Å². The molecular weight excluding hydrogens is 1810 g/mol. The molecule has 0 aliphatic carbocycles. The van der Waals surface area contributed by atoms with E-state index in [0.29, 0.717) is 109 Å². The topological polar surface area (TPSA) is 521 Å². The van der Waals surface area contributed by atoms with Gasteiger partial charge in [0.05, 0.1) is 63.6 Å². The summed E-state index contributed by atoms with van der Waals surface area (Å²) >= 11 is 19.9. The van der Waals surface area contributed by atoms with Crippen molar-refractivity contribution < 1.29 is 103 Å². The van der Waals surface area contributed by atoms with E-state index >= 15 is 0 Å². The van der Waals surface area contributed by atoms with Gasteiger partial charge in [-0.05, 0) is 102 Å². The molecule has 126 heavy (non-hydrogen) atoms. The summed E-state index contributed by atoms with van der Waals surface area (Å²) < 4.78 is 23.6. The van der Waals surface area contributed by atoms with E-state index < -0.39 is 57.4 Å². The van der Waals surface area contributed by atoms with Crippen molar-refractivity contribution in [2.45, 2.75) is 168 Å². The van der Waals surface area contributed by atoms with Crippen LogP contribution in [0.3, 0.4) is 0 Å². The van der Waals surface area contributed by atoms with E-state index in [9.17, 15) is 71.9 Å². The Morgan fingerprint density at radius 2 is 0.738 bits per heavy atom. The van der Waals surface area contributed by atoms with Gasteiger partial charge in [0.2, 0.25) is 23.6 Å². The molecule has 5 aromatic rings. The summed E-state index contributed by atoms with van der Waals surface area (Å²) in [6.07, 6.45) is 8.42. The van der Waals surface area contributed by atoms with Gasteiger partial charge in [-0.3, -0.25) is 68.7 Å². The number of piperazine rings is 5. The first-order valence-corrected chi connectivity index (χ1v) is 41.6. The van der Waals surface area contributed by atoms with E-state index in [1.54, 1.807) is 32.0 Å². The van der Waals surface area contributed by atoms with E-state index in [1.807, 2.05) is 97.8 Å². The Labute approximate surface area is 781 Å². The molecule has 696 valence electrons. The fourth-order valence-corrected chi connectivity index (χ4v) is 12.9. The Bertz CT molecular complexity index is 4760. The number of ether oxygens (including phenoxy) is 4. The van der Waals surface area contributed by atoms with Crippen molar-refractivity contribution in [3.8, 4) is 0 Å². The van der Waals surface area contributed by atoms with Gasteiger partial charge in [0.1, 0.15) is 44.5 Å². The molecule has 13 rings (SSSR count). The molecule has 3 atom stereocenters. The summed E-state index contributed by atoms with van der Waals surface area (Å²) in [5.41, 5.74) is -0.976. The summed E-state index contributed by atoms with van der Waals surface area (Å²) in [6, 6.07) is 2.97. The molecule has 13 heterocycles. The van der Waals surface area contributed by atoms with Crippen LogP contribution < -0.4 is 104 Å². The van der Waals surface area contributed by atoms with Gasteiger partial charge in [0, 0.05) is 175 Å². The van der Waals surface area contributed by atoms with Gasteiger partial charge in [0.25, 0.3) is 39.6 Å². The van der Waals surface area contributed by atoms with Gasteiger partial charge in [-0.25, -0.2) is 43.8 Å². The molecule has 8 aliphatic heterocycles. The second-order valence-electron chi connectivity index (χ2n) is 32.2. The van der Waals surface area contributed by atoms with Crippen molar-refractivity contribution in [1.29, 1.82) is 0 Å². The number of carbonyl (C=O) groups is 10. The van der Waals surface area contributed by atoms with Gasteiger partial charge in [-0.2, -0.15) is 25.5 Å². The van der Waals surface area contributed by atoms with Gasteiger partial charge in [-0.15, -0.1) is 12.4 Å². The number of hydrogen-bond acceptors (Lipinski definition) is 31. The van der Waals surface area contributed by atoms with Crippen LogP contribution in [0.4, 0.5) is 41.9 Å². The average Bonchev–Trinajstić information content (AvgIpc) is 0.809. The number of hydrogen-bond donors (Lipinski definition) is 9. The van der Waals surface area contributed by atoms with Crippen LogP contribution in [0.25, 0.3) is 0 Å². The molecule has 9 N–H and O–H groups in total. The second kappa shape index (κ2) is 52.2. The molecule has 8 fully saturated rings. The first-order valence-electron chi connectivity index (χ1n) is 39.6. The molecule has 0 radical (unpaired) electrons. The quantitative estimate of drug-likeness (QED) is 0.0497. The van der Waals surface area contributed by atoms with Crippen LogP contribution in [0, 0.1) is 0 Å². The van der Waals surface area contributed by atoms with Crippen LogP contribution in [0.5, 0.6) is 0 Å². The monoisotopic (exact) mass is 1930 g/mol. The standard InChI is InChI=1S/C18H25N5O5.C13H19ClN4O3.C13H17N5O3.C13H20N4O3.C9H18N2O2.C5H6BrNO2.C4H2Cl2N2O.CH4O.CH4.ClH.Na.H/c1-18(2,3)28-17(27)22-8-6-21(7-9-22)12-10-15(25)23(19-11-12)13-4-5-14(24)20-16(13)26;1-13(2,3)21-12(20)18-6-4-17(5-7-18)9-8-15-16-11(19)10(9)14;19-11-2-1-10(13(21)16-11)18-12(20)7-9(8-15-18)17-5-3-14-4-6-17;1-13(2,3)20-12(19)17-6-4-16(5-7-17)10-8-11(18)15-14-9-10;1-9(2,3)13-8(12)11-6-4-10-5-7-11;6-3-1-2-4(8)7-5(3)9;5-2-1-7-8-4(9)3(2)6;1-2;;;;/h10-11,13H,4-9H2,1-3H3,(H,20,24,26);8H,4-7H2,1-3H3,(H,16,19);7-8,10,14H,1-6H2,(H,16,19,21);8-9H,4-7H2,1-3H3,(H,15,18);10H,4-7H2,1-3H3;3H,1-2H2,(H,7,8,9);1H,(H,8,9);2H,1H3;1H4;1H;;/q;;;;;;;;;;+1;-1. The van der Waals surface area contributed by atoms with E-state index in [2.05, 4.69) is 88.2 Å².